The quantitative estimate of drug-likeness (QED) is 0.157. The van der Waals surface area contributed by atoms with Gasteiger partial charge < -0.3 is 0 Å². The summed E-state index contributed by atoms with van der Waals surface area (Å²) >= 11 is -4.09. The van der Waals surface area contributed by atoms with Crippen LogP contribution in [0, 0.1) is 13.8 Å². The maximum atomic E-state index is 4.84. The van der Waals surface area contributed by atoms with E-state index in [1.165, 1.54) is 66.8 Å². The van der Waals surface area contributed by atoms with Crippen LogP contribution in [0.2, 0.25) is 9.26 Å². The molecule has 50 heavy (non-hydrogen) atoms. The number of hydrogen-bond donors (Lipinski definition) is 0. The van der Waals surface area contributed by atoms with Crippen molar-refractivity contribution in [2.45, 2.75) is 30.4 Å². The zero-order chi connectivity index (χ0) is 33.1. The number of benzene rings is 4. The van der Waals surface area contributed by atoms with E-state index in [2.05, 4.69) is 151 Å². The number of hydrogen-bond acceptors (Lipinski definition) is 2. The first-order valence-corrected chi connectivity index (χ1v) is 30.6. The van der Waals surface area contributed by atoms with E-state index < -0.39 is 17.4 Å². The molecule has 0 spiro atoms. The third-order valence-corrected chi connectivity index (χ3v) is 27.9. The van der Waals surface area contributed by atoms with Gasteiger partial charge in [0.25, 0.3) is 0 Å². The second-order valence-corrected chi connectivity index (χ2v) is 45.2. The van der Waals surface area contributed by atoms with E-state index in [-0.39, 0.29) is 24.8 Å². The third kappa shape index (κ3) is 5.95. The predicted octanol–water partition coefficient (Wildman–Crippen LogP) is 11.5. The molecule has 0 bridgehead atoms. The number of halogens is 2. The number of aryl methyl sites for hydroxylation is 2. The Balaban J connectivity index is 0.00000216. The molecule has 8 rings (SSSR count). The molecule has 2 aliphatic carbocycles. The van der Waals surface area contributed by atoms with Crippen LogP contribution in [0.15, 0.2) is 134 Å². The van der Waals surface area contributed by atoms with Crippen molar-refractivity contribution in [2.75, 3.05) is 0 Å². The smallest absolute Gasteiger partial charge is 0.147 e. The maximum Gasteiger partial charge on any atom is -0.147 e. The fourth-order valence-corrected chi connectivity index (χ4v) is 27.4. The van der Waals surface area contributed by atoms with E-state index in [1.807, 2.05) is 24.5 Å². The van der Waals surface area contributed by atoms with Crippen molar-refractivity contribution in [1.29, 1.82) is 0 Å². The zero-order valence-electron chi connectivity index (χ0n) is 28.9. The van der Waals surface area contributed by atoms with Crippen molar-refractivity contribution in [3.8, 4) is 22.5 Å². The first-order valence-electron chi connectivity index (χ1n) is 16.9. The van der Waals surface area contributed by atoms with Crippen LogP contribution in [-0.2, 0) is 17.4 Å². The van der Waals surface area contributed by atoms with Crippen molar-refractivity contribution in [1.82, 2.24) is 9.97 Å². The molecule has 6 heteroatoms. The molecule has 2 aromatic heterocycles. The first-order chi connectivity index (χ1) is 23.2. The maximum absolute atomic E-state index is 4.84. The van der Waals surface area contributed by atoms with E-state index >= 15 is 0 Å². The van der Waals surface area contributed by atoms with Gasteiger partial charge in [-0.05, 0) is 0 Å². The molecule has 0 aliphatic heterocycles. The summed E-state index contributed by atoms with van der Waals surface area (Å²) in [5.74, 6) is 0. The minimum atomic E-state index is -4.09. The zero-order valence-corrected chi connectivity index (χ0v) is 34.4. The van der Waals surface area contributed by atoms with Crippen LogP contribution in [0.4, 0.5) is 0 Å². The minimum Gasteiger partial charge on any atom is -0.147 e. The Morgan fingerprint density at radius 3 is 1.24 bits per heavy atom. The second-order valence-electron chi connectivity index (χ2n) is 14.7. The molecule has 0 saturated carbocycles. The molecule has 0 saturated heterocycles. The summed E-state index contributed by atoms with van der Waals surface area (Å²) in [7, 11) is 0. The van der Waals surface area contributed by atoms with Crippen molar-refractivity contribution < 1.29 is 17.4 Å². The van der Waals surface area contributed by atoms with Crippen LogP contribution in [0.3, 0.4) is 0 Å². The normalized spacial score (nSPS) is 16.3. The van der Waals surface area contributed by atoms with Gasteiger partial charge >= 0.3 is 289 Å². The molecule has 0 fully saturated rings. The van der Waals surface area contributed by atoms with E-state index in [0.717, 1.165) is 11.4 Å². The van der Waals surface area contributed by atoms with Gasteiger partial charge in [0.1, 0.15) is 0 Å². The van der Waals surface area contributed by atoms with Crippen molar-refractivity contribution in [2.24, 2.45) is 0 Å². The van der Waals surface area contributed by atoms with E-state index in [0.29, 0.717) is 7.25 Å². The van der Waals surface area contributed by atoms with E-state index in [9.17, 15) is 0 Å². The van der Waals surface area contributed by atoms with Gasteiger partial charge in [0.05, 0.1) is 0 Å². The van der Waals surface area contributed by atoms with Crippen LogP contribution >= 0.6 is 24.8 Å². The number of aromatic nitrogens is 2. The van der Waals surface area contributed by atoms with Crippen molar-refractivity contribution in [3.63, 3.8) is 0 Å². The molecular formula is C44H42Cl2N2SiZr. The van der Waals surface area contributed by atoms with Crippen molar-refractivity contribution >= 4 is 55.0 Å². The summed E-state index contributed by atoms with van der Waals surface area (Å²) < 4.78 is 6.11. The number of allylic oxidation sites excluding steroid dienone is 2. The first kappa shape index (κ1) is 36.1. The minimum absolute atomic E-state index is 0. The van der Waals surface area contributed by atoms with Crippen LogP contribution in [0.5, 0.6) is 0 Å². The molecule has 2 heterocycles. The van der Waals surface area contributed by atoms with E-state index in [1.54, 1.807) is 0 Å². The topological polar surface area (TPSA) is 25.8 Å². The standard InChI is InChI=1S/2C21H16N.2CH3.2ClH.H2Si.Zr/c2*1-15-10-11-18(21-9-5-6-12-22-21)20-14-17(13-19(15)20)16-7-3-2-4-8-16;;;;;;/h2*2-14H,1H3;2*1H3;2*1H;1H2;. The Morgan fingerprint density at radius 2 is 0.880 bits per heavy atom. The SMILES string of the molecule is Cc1ccc(-c2ccccn2)c2c1[CH]([Zr]([CH3])([CH3])(=[SiH2])[CH]1C(c3ccccc3)=Cc3c(-c4ccccn4)ccc(C)c31)C(c1ccccc1)=C2.Cl.Cl. The molecule has 2 atom stereocenters. The monoisotopic (exact) mass is 786 g/mol. The van der Waals surface area contributed by atoms with Crippen LogP contribution < -0.4 is 0 Å². The second kappa shape index (κ2) is 13.8. The Labute approximate surface area is 311 Å². The molecule has 2 unspecified atom stereocenters. The largest absolute Gasteiger partial charge is 0.147 e. The van der Waals surface area contributed by atoms with Gasteiger partial charge in [-0.1, -0.05) is 0 Å². The van der Waals surface area contributed by atoms with Crippen LogP contribution in [0.1, 0.15) is 51.8 Å². The predicted molar refractivity (Wildman–Crippen MR) is 218 cm³/mol. The fourth-order valence-electron chi connectivity index (χ4n) is 8.75. The van der Waals surface area contributed by atoms with Gasteiger partial charge in [0.15, 0.2) is 0 Å². The number of fused-ring (bicyclic) bond motifs is 2. The Bertz CT molecular complexity index is 2170. The van der Waals surface area contributed by atoms with Gasteiger partial charge in [-0.25, -0.2) is 0 Å². The van der Waals surface area contributed by atoms with Gasteiger partial charge in [-0.3, -0.25) is 0 Å². The number of pyridine rings is 2. The average Bonchev–Trinajstić information content (AvgIpc) is 3.74. The summed E-state index contributed by atoms with van der Waals surface area (Å²) in [5.41, 5.74) is 18.5. The summed E-state index contributed by atoms with van der Waals surface area (Å²) in [5, 5.41) is 0. The Kier molecular flexibility index (Phi) is 9.98. The molecule has 0 radical (unpaired) electrons. The summed E-state index contributed by atoms with van der Waals surface area (Å²) in [6, 6.07) is 44.1. The van der Waals surface area contributed by atoms with Crippen molar-refractivity contribution in [3.05, 3.63) is 178 Å². The fraction of sp³-hybridized carbons (Fsp3) is 0.136. The number of rotatable bonds is 6. The molecule has 4 aromatic carbocycles. The third-order valence-electron chi connectivity index (χ3n) is 10.8. The van der Waals surface area contributed by atoms with Crippen LogP contribution in [-0.4, -0.2) is 16.8 Å². The van der Waals surface area contributed by atoms with Crippen LogP contribution in [0.25, 0.3) is 45.8 Å². The summed E-state index contributed by atoms with van der Waals surface area (Å²) in [6.07, 6.45) is 8.88. The summed E-state index contributed by atoms with van der Waals surface area (Å²) in [4.78, 5) is 9.68. The van der Waals surface area contributed by atoms with Gasteiger partial charge in [-0.15, -0.1) is 24.8 Å². The summed E-state index contributed by atoms with van der Waals surface area (Å²) in [6.45, 7) is 7.06. The Morgan fingerprint density at radius 1 is 0.500 bits per heavy atom. The van der Waals surface area contributed by atoms with Gasteiger partial charge in [-0.2, -0.15) is 0 Å². The Hall–Kier alpha value is -3.66. The number of nitrogens with zero attached hydrogens (tertiary/aromatic N) is 2. The van der Waals surface area contributed by atoms with Gasteiger partial charge in [0, 0.05) is 0 Å². The molecule has 0 amide bonds. The molecule has 2 aliphatic rings. The molecule has 0 N–H and O–H groups in total. The molecular weight excluding hydrogens is 747 g/mol. The molecule has 250 valence electrons. The molecule has 6 aromatic rings. The van der Waals surface area contributed by atoms with Gasteiger partial charge in [0.2, 0.25) is 0 Å². The average molecular weight is 789 g/mol. The van der Waals surface area contributed by atoms with E-state index in [4.69, 9.17) is 9.97 Å². The molecule has 2 nitrogen and oxygen atoms in total.